The van der Waals surface area contributed by atoms with Crippen molar-refractivity contribution in [3.05, 3.63) is 124 Å². The number of nitrogens with zero attached hydrogens (tertiary/aromatic N) is 1. The van der Waals surface area contributed by atoms with E-state index in [1.54, 1.807) is 0 Å². The second kappa shape index (κ2) is 9.32. The van der Waals surface area contributed by atoms with Gasteiger partial charge >= 0.3 is 0 Å². The molecule has 5 rings (SSSR count). The molecule has 3 heteroatoms. The van der Waals surface area contributed by atoms with Crippen LogP contribution in [0.5, 0.6) is 5.75 Å². The number of halogens is 1. The standard InChI is InChI=1S/C30H20BrNO/c31-26-15-12-21(13-16-26)25(19-32)18-29-28-11-4-2-7-23(28)14-17-30(29)33-20-24-9-5-8-22-6-1-3-10-27(22)24/h1-18H,20H2/b25-18+. The van der Waals surface area contributed by atoms with Gasteiger partial charge in [-0.25, -0.2) is 0 Å². The summed E-state index contributed by atoms with van der Waals surface area (Å²) in [5, 5.41) is 14.5. The summed E-state index contributed by atoms with van der Waals surface area (Å²) < 4.78 is 7.36. The average molecular weight is 490 g/mol. The molecule has 0 aliphatic rings. The Morgan fingerprint density at radius 3 is 2.18 bits per heavy atom. The number of nitriles is 1. The third kappa shape index (κ3) is 4.39. The molecule has 0 saturated carbocycles. The molecule has 0 radical (unpaired) electrons. The molecule has 33 heavy (non-hydrogen) atoms. The molecule has 0 atom stereocenters. The van der Waals surface area contributed by atoms with Gasteiger partial charge in [-0.1, -0.05) is 101 Å². The maximum atomic E-state index is 9.93. The minimum Gasteiger partial charge on any atom is -0.488 e. The minimum atomic E-state index is 0.445. The van der Waals surface area contributed by atoms with Gasteiger partial charge in [-0.15, -0.1) is 0 Å². The highest BCUT2D eigenvalue weighted by molar-refractivity contribution is 9.10. The molecule has 2 nitrogen and oxygen atoms in total. The number of rotatable bonds is 5. The topological polar surface area (TPSA) is 33.0 Å². The van der Waals surface area contributed by atoms with Crippen molar-refractivity contribution in [3.63, 3.8) is 0 Å². The van der Waals surface area contributed by atoms with Crippen LogP contribution in [-0.2, 0) is 6.61 Å². The van der Waals surface area contributed by atoms with E-state index < -0.39 is 0 Å². The Bertz CT molecular complexity index is 1520. The van der Waals surface area contributed by atoms with E-state index in [4.69, 9.17) is 4.74 Å². The highest BCUT2D eigenvalue weighted by atomic mass is 79.9. The molecule has 0 saturated heterocycles. The maximum absolute atomic E-state index is 9.93. The Balaban J connectivity index is 1.59. The third-order valence-corrected chi connectivity index (χ3v) is 6.29. The van der Waals surface area contributed by atoms with Crippen molar-refractivity contribution < 1.29 is 4.74 Å². The van der Waals surface area contributed by atoms with E-state index in [2.05, 4.69) is 70.5 Å². The number of fused-ring (bicyclic) bond motifs is 2. The first-order valence-corrected chi connectivity index (χ1v) is 11.5. The monoisotopic (exact) mass is 489 g/mol. The molecule has 0 aliphatic heterocycles. The summed E-state index contributed by atoms with van der Waals surface area (Å²) in [5.74, 6) is 0.756. The predicted molar refractivity (Wildman–Crippen MR) is 140 cm³/mol. The quantitative estimate of drug-likeness (QED) is 0.183. The largest absolute Gasteiger partial charge is 0.488 e. The van der Waals surface area contributed by atoms with E-state index in [0.717, 1.165) is 37.7 Å². The van der Waals surface area contributed by atoms with E-state index >= 15 is 0 Å². The van der Waals surface area contributed by atoms with Crippen LogP contribution in [0, 0.1) is 11.3 Å². The molecule has 158 valence electrons. The van der Waals surface area contributed by atoms with Gasteiger partial charge in [0.2, 0.25) is 0 Å². The van der Waals surface area contributed by atoms with Crippen molar-refractivity contribution in [2.24, 2.45) is 0 Å². The summed E-state index contributed by atoms with van der Waals surface area (Å²) in [6.07, 6.45) is 1.93. The van der Waals surface area contributed by atoms with E-state index in [-0.39, 0.29) is 0 Å². The molecule has 0 unspecified atom stereocenters. The van der Waals surface area contributed by atoms with Crippen LogP contribution < -0.4 is 4.74 Å². The first-order valence-electron chi connectivity index (χ1n) is 10.7. The highest BCUT2D eigenvalue weighted by Crippen LogP contribution is 2.33. The second-order valence-corrected chi connectivity index (χ2v) is 8.72. The lowest BCUT2D eigenvalue weighted by molar-refractivity contribution is 0.307. The van der Waals surface area contributed by atoms with Crippen molar-refractivity contribution in [1.82, 2.24) is 0 Å². The number of hydrogen-bond acceptors (Lipinski definition) is 2. The molecule has 0 amide bonds. The Hall–Kier alpha value is -3.87. The van der Waals surface area contributed by atoms with Gasteiger partial charge in [-0.05, 0) is 56.9 Å². The van der Waals surface area contributed by atoms with Crippen LogP contribution in [-0.4, -0.2) is 0 Å². The van der Waals surface area contributed by atoms with E-state index in [1.165, 1.54) is 10.8 Å². The Labute approximate surface area is 201 Å². The SMILES string of the molecule is N#C/C(=C\c1c(OCc2cccc3ccccc23)ccc2ccccc12)c1ccc(Br)cc1. The normalized spacial score (nSPS) is 11.5. The summed E-state index contributed by atoms with van der Waals surface area (Å²) in [5.41, 5.74) is 3.50. The molecule has 0 spiro atoms. The molecule has 5 aromatic rings. The third-order valence-electron chi connectivity index (χ3n) is 5.76. The van der Waals surface area contributed by atoms with Gasteiger partial charge in [0.1, 0.15) is 12.4 Å². The van der Waals surface area contributed by atoms with E-state index in [9.17, 15) is 5.26 Å². The van der Waals surface area contributed by atoms with E-state index in [1.807, 2.05) is 60.7 Å². The molecule has 0 aromatic heterocycles. The van der Waals surface area contributed by atoms with Crippen molar-refractivity contribution in [2.75, 3.05) is 0 Å². The molecule has 5 aromatic carbocycles. The van der Waals surface area contributed by atoms with Gasteiger partial charge in [0.15, 0.2) is 0 Å². The van der Waals surface area contributed by atoms with Crippen molar-refractivity contribution in [3.8, 4) is 11.8 Å². The summed E-state index contributed by atoms with van der Waals surface area (Å²) >= 11 is 3.46. The second-order valence-electron chi connectivity index (χ2n) is 7.80. The Morgan fingerprint density at radius 1 is 0.758 bits per heavy atom. The molecule has 0 N–H and O–H groups in total. The van der Waals surface area contributed by atoms with Crippen LogP contribution in [0.25, 0.3) is 33.2 Å². The number of hydrogen-bond donors (Lipinski definition) is 0. The molecule has 0 fully saturated rings. The zero-order valence-electron chi connectivity index (χ0n) is 17.8. The summed E-state index contributed by atoms with van der Waals surface area (Å²) in [4.78, 5) is 0. The van der Waals surface area contributed by atoms with E-state index in [0.29, 0.717) is 12.2 Å². The Morgan fingerprint density at radius 2 is 1.42 bits per heavy atom. The van der Waals surface area contributed by atoms with Crippen molar-refractivity contribution >= 4 is 49.1 Å². The van der Waals surface area contributed by atoms with Crippen LogP contribution in [0.3, 0.4) is 0 Å². The van der Waals surface area contributed by atoms with Crippen LogP contribution in [0.4, 0.5) is 0 Å². The van der Waals surface area contributed by atoms with Gasteiger partial charge in [-0.3, -0.25) is 0 Å². The fraction of sp³-hybridized carbons (Fsp3) is 0.0333. The Kier molecular flexibility index (Phi) is 5.93. The summed E-state index contributed by atoms with van der Waals surface area (Å²) in [7, 11) is 0. The molecular formula is C30H20BrNO. The first-order chi connectivity index (χ1) is 16.2. The van der Waals surface area contributed by atoms with Gasteiger partial charge in [0.05, 0.1) is 11.6 Å². The van der Waals surface area contributed by atoms with Gasteiger partial charge < -0.3 is 4.74 Å². The van der Waals surface area contributed by atoms with Crippen LogP contribution in [0.2, 0.25) is 0 Å². The highest BCUT2D eigenvalue weighted by Gasteiger charge is 2.11. The molecule has 0 bridgehead atoms. The maximum Gasteiger partial charge on any atom is 0.127 e. The minimum absolute atomic E-state index is 0.445. The van der Waals surface area contributed by atoms with Crippen molar-refractivity contribution in [2.45, 2.75) is 6.61 Å². The van der Waals surface area contributed by atoms with Gasteiger partial charge in [0.25, 0.3) is 0 Å². The number of allylic oxidation sites excluding steroid dienone is 1. The number of benzene rings is 5. The molecular weight excluding hydrogens is 470 g/mol. The number of ether oxygens (including phenoxy) is 1. The van der Waals surface area contributed by atoms with Gasteiger partial charge in [-0.2, -0.15) is 5.26 Å². The summed E-state index contributed by atoms with van der Waals surface area (Å²) in [6.45, 7) is 0.445. The molecule has 0 heterocycles. The molecule has 0 aliphatic carbocycles. The van der Waals surface area contributed by atoms with Crippen LogP contribution in [0.15, 0.2) is 108 Å². The van der Waals surface area contributed by atoms with Crippen LogP contribution >= 0.6 is 15.9 Å². The fourth-order valence-corrected chi connectivity index (χ4v) is 4.34. The lowest BCUT2D eigenvalue weighted by Crippen LogP contribution is -1.99. The van der Waals surface area contributed by atoms with Gasteiger partial charge in [0, 0.05) is 10.0 Å². The first kappa shape index (κ1) is 21.0. The zero-order valence-corrected chi connectivity index (χ0v) is 19.4. The smallest absolute Gasteiger partial charge is 0.127 e. The predicted octanol–water partition coefficient (Wildman–Crippen LogP) is 8.40. The summed E-state index contributed by atoms with van der Waals surface area (Å²) in [6, 6.07) is 37.0. The lowest BCUT2D eigenvalue weighted by Gasteiger charge is -2.14. The van der Waals surface area contributed by atoms with Crippen molar-refractivity contribution in [1.29, 1.82) is 5.26 Å². The zero-order chi connectivity index (χ0) is 22.6. The van der Waals surface area contributed by atoms with Crippen LogP contribution in [0.1, 0.15) is 16.7 Å². The lowest BCUT2D eigenvalue weighted by atomic mass is 9.98. The average Bonchev–Trinajstić information content (AvgIpc) is 2.87. The fourth-order valence-electron chi connectivity index (χ4n) is 4.08.